The molecule has 0 saturated heterocycles. The first kappa shape index (κ1) is 27.7. The number of methoxy groups -OCH3 is 1. The molecule has 4 rings (SSSR count). The van der Waals surface area contributed by atoms with E-state index < -0.39 is 6.04 Å². The summed E-state index contributed by atoms with van der Waals surface area (Å²) >= 11 is 3.53. The van der Waals surface area contributed by atoms with Gasteiger partial charge in [-0.25, -0.2) is 0 Å². The molecule has 1 aliphatic rings. The molecule has 0 unspecified atom stereocenters. The van der Waals surface area contributed by atoms with Crippen LogP contribution in [0.25, 0.3) is 0 Å². The summed E-state index contributed by atoms with van der Waals surface area (Å²) in [6.07, 6.45) is 5.78. The molecule has 0 bridgehead atoms. The molecular formula is C31H35BrN2O4. The highest BCUT2D eigenvalue weighted by Gasteiger charge is 2.32. The predicted octanol–water partition coefficient (Wildman–Crippen LogP) is 5.93. The highest BCUT2D eigenvalue weighted by atomic mass is 79.9. The number of para-hydroxylation sites is 2. The van der Waals surface area contributed by atoms with E-state index in [1.165, 1.54) is 6.42 Å². The maximum Gasteiger partial charge on any atom is 0.261 e. The van der Waals surface area contributed by atoms with E-state index >= 15 is 0 Å². The van der Waals surface area contributed by atoms with Gasteiger partial charge >= 0.3 is 0 Å². The van der Waals surface area contributed by atoms with Crippen LogP contribution in [0.1, 0.15) is 43.2 Å². The van der Waals surface area contributed by atoms with Gasteiger partial charge in [0.2, 0.25) is 5.91 Å². The van der Waals surface area contributed by atoms with Crippen molar-refractivity contribution >= 4 is 27.7 Å². The van der Waals surface area contributed by atoms with Crippen LogP contribution in [0.4, 0.5) is 0 Å². The summed E-state index contributed by atoms with van der Waals surface area (Å²) in [5, 5.41) is 3.26. The van der Waals surface area contributed by atoms with Crippen LogP contribution in [0.3, 0.4) is 0 Å². The summed E-state index contributed by atoms with van der Waals surface area (Å²) < 4.78 is 12.2. The average molecular weight is 580 g/mol. The smallest absolute Gasteiger partial charge is 0.261 e. The zero-order valence-electron chi connectivity index (χ0n) is 21.8. The Morgan fingerprint density at radius 2 is 1.61 bits per heavy atom. The van der Waals surface area contributed by atoms with Gasteiger partial charge < -0.3 is 19.7 Å². The van der Waals surface area contributed by atoms with Crippen molar-refractivity contribution in [2.24, 2.45) is 0 Å². The summed E-state index contributed by atoms with van der Waals surface area (Å²) in [5.41, 5.74) is 1.92. The third-order valence-electron chi connectivity index (χ3n) is 6.88. The standard InChI is InChI=1S/C31H35BrN2O4/c1-37-28-17-8-9-18-29(28)38-22-30(35)34(21-24-13-10-14-25(32)19-24)27(20-23-11-4-2-5-12-23)31(36)33-26-15-6-3-7-16-26/h2,4-5,8-14,17-19,26-27H,3,6-7,15-16,20-22H2,1H3,(H,33,36)/t27-/m0/s1. The Morgan fingerprint density at radius 3 is 2.32 bits per heavy atom. The van der Waals surface area contributed by atoms with Crippen LogP contribution in [-0.4, -0.2) is 42.5 Å². The van der Waals surface area contributed by atoms with E-state index in [1.54, 1.807) is 24.1 Å². The fraction of sp³-hybridized carbons (Fsp3) is 0.355. The lowest BCUT2D eigenvalue weighted by atomic mass is 9.94. The lowest BCUT2D eigenvalue weighted by Crippen LogP contribution is -2.53. The van der Waals surface area contributed by atoms with E-state index in [0.717, 1.165) is 41.3 Å². The highest BCUT2D eigenvalue weighted by molar-refractivity contribution is 9.10. The van der Waals surface area contributed by atoms with E-state index in [-0.39, 0.29) is 31.0 Å². The van der Waals surface area contributed by atoms with Gasteiger partial charge in [0.1, 0.15) is 6.04 Å². The van der Waals surface area contributed by atoms with Crippen molar-refractivity contribution in [1.29, 1.82) is 0 Å². The molecule has 38 heavy (non-hydrogen) atoms. The van der Waals surface area contributed by atoms with Crippen LogP contribution in [-0.2, 0) is 22.6 Å². The third kappa shape index (κ3) is 7.84. The number of rotatable bonds is 11. The van der Waals surface area contributed by atoms with Gasteiger partial charge in [-0.3, -0.25) is 9.59 Å². The number of amides is 2. The SMILES string of the molecule is COc1ccccc1OCC(=O)N(Cc1cccc(Br)c1)[C@@H](Cc1ccccc1)C(=O)NC1CCCCC1. The lowest BCUT2D eigenvalue weighted by Gasteiger charge is -2.33. The number of carbonyl (C=O) groups is 2. The predicted molar refractivity (Wildman–Crippen MR) is 152 cm³/mol. The van der Waals surface area contributed by atoms with Crippen molar-refractivity contribution in [3.8, 4) is 11.5 Å². The lowest BCUT2D eigenvalue weighted by molar-refractivity contribution is -0.143. The molecule has 1 saturated carbocycles. The van der Waals surface area contributed by atoms with Gasteiger partial charge in [0.05, 0.1) is 7.11 Å². The number of ether oxygens (including phenoxy) is 2. The van der Waals surface area contributed by atoms with Gasteiger partial charge in [-0.1, -0.05) is 89.8 Å². The largest absolute Gasteiger partial charge is 0.493 e. The summed E-state index contributed by atoms with van der Waals surface area (Å²) in [6, 6.07) is 24.3. The molecule has 1 aliphatic carbocycles. The minimum Gasteiger partial charge on any atom is -0.493 e. The second kappa shape index (κ2) is 14.0. The zero-order valence-corrected chi connectivity index (χ0v) is 23.4. The Morgan fingerprint density at radius 1 is 0.921 bits per heavy atom. The maximum absolute atomic E-state index is 13.8. The van der Waals surface area contributed by atoms with E-state index in [2.05, 4.69) is 21.2 Å². The van der Waals surface area contributed by atoms with Crippen molar-refractivity contribution in [3.05, 3.63) is 94.5 Å². The molecule has 0 spiro atoms. The fourth-order valence-corrected chi connectivity index (χ4v) is 5.34. The average Bonchev–Trinajstić information content (AvgIpc) is 2.95. The molecule has 0 aliphatic heterocycles. The number of benzene rings is 3. The fourth-order valence-electron chi connectivity index (χ4n) is 4.89. The third-order valence-corrected chi connectivity index (χ3v) is 7.38. The molecule has 7 heteroatoms. The van der Waals surface area contributed by atoms with Crippen molar-refractivity contribution in [1.82, 2.24) is 10.2 Å². The van der Waals surface area contributed by atoms with Gasteiger partial charge in [-0.2, -0.15) is 0 Å². The second-order valence-corrected chi connectivity index (χ2v) is 10.6. The molecule has 0 aromatic heterocycles. The Labute approximate surface area is 233 Å². The first-order valence-corrected chi connectivity index (χ1v) is 14.0. The van der Waals surface area contributed by atoms with E-state index in [1.807, 2.05) is 66.7 Å². The monoisotopic (exact) mass is 578 g/mol. The Bertz CT molecular complexity index is 1200. The minimum absolute atomic E-state index is 0.124. The minimum atomic E-state index is -0.688. The number of carbonyl (C=O) groups excluding carboxylic acids is 2. The van der Waals surface area contributed by atoms with Crippen LogP contribution in [0.15, 0.2) is 83.3 Å². The Balaban J connectivity index is 1.62. The molecule has 1 atom stereocenters. The number of nitrogens with one attached hydrogen (secondary N) is 1. The summed E-state index contributed by atoms with van der Waals surface area (Å²) in [7, 11) is 1.56. The van der Waals surface area contributed by atoms with Crippen LogP contribution in [0.5, 0.6) is 11.5 Å². The molecule has 6 nitrogen and oxygen atoms in total. The van der Waals surface area contributed by atoms with Crippen LogP contribution < -0.4 is 14.8 Å². The number of halogens is 1. The van der Waals surface area contributed by atoms with Crippen molar-refractivity contribution in [2.75, 3.05) is 13.7 Å². The van der Waals surface area contributed by atoms with E-state index in [4.69, 9.17) is 9.47 Å². The van der Waals surface area contributed by atoms with E-state index in [0.29, 0.717) is 17.9 Å². The first-order valence-electron chi connectivity index (χ1n) is 13.2. The van der Waals surface area contributed by atoms with Gasteiger partial charge in [0.15, 0.2) is 18.1 Å². The van der Waals surface area contributed by atoms with Gasteiger partial charge in [0.25, 0.3) is 5.91 Å². The zero-order chi connectivity index (χ0) is 26.7. The molecule has 3 aromatic rings. The van der Waals surface area contributed by atoms with E-state index in [9.17, 15) is 9.59 Å². The molecular weight excluding hydrogens is 544 g/mol. The van der Waals surface area contributed by atoms with Gasteiger partial charge in [-0.15, -0.1) is 0 Å². The number of hydrogen-bond acceptors (Lipinski definition) is 4. The van der Waals surface area contributed by atoms with Crippen LogP contribution >= 0.6 is 15.9 Å². The molecule has 1 N–H and O–H groups in total. The van der Waals surface area contributed by atoms with Crippen molar-refractivity contribution < 1.29 is 19.1 Å². The molecule has 200 valence electrons. The Kier molecular flexibility index (Phi) is 10.2. The summed E-state index contributed by atoms with van der Waals surface area (Å²) in [6.45, 7) is 0.0690. The Hall–Kier alpha value is -3.32. The van der Waals surface area contributed by atoms with Gasteiger partial charge in [0, 0.05) is 23.5 Å². The van der Waals surface area contributed by atoms with Crippen molar-refractivity contribution in [2.45, 2.75) is 57.2 Å². The molecule has 0 heterocycles. The number of hydrogen-bond donors (Lipinski definition) is 1. The number of nitrogens with zero attached hydrogens (tertiary/aromatic N) is 1. The van der Waals surface area contributed by atoms with Crippen LogP contribution in [0, 0.1) is 0 Å². The molecule has 1 fully saturated rings. The quantitative estimate of drug-likeness (QED) is 0.306. The summed E-state index contributed by atoms with van der Waals surface area (Å²) in [5.74, 6) is 0.642. The van der Waals surface area contributed by atoms with Crippen LogP contribution in [0.2, 0.25) is 0 Å². The normalized spacial score (nSPS) is 14.4. The topological polar surface area (TPSA) is 67.9 Å². The highest BCUT2D eigenvalue weighted by Crippen LogP contribution is 2.26. The maximum atomic E-state index is 13.8. The summed E-state index contributed by atoms with van der Waals surface area (Å²) in [4.78, 5) is 29.3. The van der Waals surface area contributed by atoms with Crippen molar-refractivity contribution in [3.63, 3.8) is 0 Å². The first-order chi connectivity index (χ1) is 18.5. The molecule has 2 amide bonds. The second-order valence-electron chi connectivity index (χ2n) is 9.64. The molecule has 3 aromatic carbocycles. The molecule has 0 radical (unpaired) electrons. The van der Waals surface area contributed by atoms with Gasteiger partial charge in [-0.05, 0) is 48.2 Å².